The standard InChI is InChI=1S/C10H6Cl2N2O4S/c11-7-5-6(19(12,16)17)1-2-8(7)13-10(15)9-3-4-18-14-9/h1-5H,(H,13,15). The average molecular weight is 321 g/mol. The van der Waals surface area contributed by atoms with Crippen molar-refractivity contribution >= 4 is 42.9 Å². The molecular weight excluding hydrogens is 315 g/mol. The van der Waals surface area contributed by atoms with Crippen LogP contribution in [0.5, 0.6) is 0 Å². The van der Waals surface area contributed by atoms with Gasteiger partial charge in [0, 0.05) is 16.7 Å². The number of nitrogens with zero attached hydrogens (tertiary/aromatic N) is 1. The van der Waals surface area contributed by atoms with Crippen LogP contribution in [0.3, 0.4) is 0 Å². The van der Waals surface area contributed by atoms with Crippen LogP contribution in [0.2, 0.25) is 5.02 Å². The number of hydrogen-bond donors (Lipinski definition) is 1. The van der Waals surface area contributed by atoms with Crippen molar-refractivity contribution < 1.29 is 17.7 Å². The number of benzene rings is 1. The predicted octanol–water partition coefficient (Wildman–Crippen LogP) is 2.51. The number of aromatic nitrogens is 1. The minimum Gasteiger partial charge on any atom is -0.364 e. The van der Waals surface area contributed by atoms with Crippen LogP contribution in [0.15, 0.2) is 39.9 Å². The molecule has 2 rings (SSSR count). The third-order valence-electron chi connectivity index (χ3n) is 2.14. The Labute approximate surface area is 117 Å². The molecule has 0 spiro atoms. The van der Waals surface area contributed by atoms with E-state index in [0.717, 1.165) is 6.07 Å². The van der Waals surface area contributed by atoms with Crippen molar-refractivity contribution in [1.82, 2.24) is 5.16 Å². The van der Waals surface area contributed by atoms with Crippen LogP contribution >= 0.6 is 22.3 Å². The van der Waals surface area contributed by atoms with Crippen molar-refractivity contribution in [3.8, 4) is 0 Å². The fraction of sp³-hybridized carbons (Fsp3) is 0. The molecule has 0 bridgehead atoms. The molecule has 0 radical (unpaired) electrons. The summed E-state index contributed by atoms with van der Waals surface area (Å²) in [4.78, 5) is 11.5. The second-order valence-corrected chi connectivity index (χ2v) is 6.39. The number of carbonyl (C=O) groups is 1. The van der Waals surface area contributed by atoms with E-state index < -0.39 is 15.0 Å². The van der Waals surface area contributed by atoms with E-state index in [1.807, 2.05) is 0 Å². The Kier molecular flexibility index (Phi) is 3.79. The second-order valence-electron chi connectivity index (χ2n) is 3.42. The highest BCUT2D eigenvalue weighted by Gasteiger charge is 2.15. The largest absolute Gasteiger partial charge is 0.364 e. The molecule has 1 amide bonds. The van der Waals surface area contributed by atoms with E-state index in [-0.39, 0.29) is 21.3 Å². The summed E-state index contributed by atoms with van der Waals surface area (Å²) >= 11 is 5.86. The van der Waals surface area contributed by atoms with Crippen LogP contribution in [0, 0.1) is 0 Å². The van der Waals surface area contributed by atoms with Gasteiger partial charge in [-0.3, -0.25) is 4.79 Å². The number of carbonyl (C=O) groups excluding carboxylic acids is 1. The first kappa shape index (κ1) is 13.9. The third-order valence-corrected chi connectivity index (χ3v) is 3.80. The average Bonchev–Trinajstić information content (AvgIpc) is 2.84. The summed E-state index contributed by atoms with van der Waals surface area (Å²) < 4.78 is 26.7. The first-order chi connectivity index (χ1) is 8.88. The number of amides is 1. The topological polar surface area (TPSA) is 89.3 Å². The number of anilines is 1. The molecule has 2 aromatic rings. The predicted molar refractivity (Wildman–Crippen MR) is 68.9 cm³/mol. The van der Waals surface area contributed by atoms with Gasteiger partial charge >= 0.3 is 0 Å². The molecule has 0 aliphatic rings. The smallest absolute Gasteiger partial charge is 0.277 e. The zero-order chi connectivity index (χ0) is 14.0. The summed E-state index contributed by atoms with van der Waals surface area (Å²) in [7, 11) is 1.31. The molecule has 1 aromatic carbocycles. The molecule has 0 fully saturated rings. The van der Waals surface area contributed by atoms with Crippen molar-refractivity contribution in [2.24, 2.45) is 0 Å². The van der Waals surface area contributed by atoms with Crippen LogP contribution < -0.4 is 5.32 Å². The molecule has 100 valence electrons. The normalized spacial score (nSPS) is 11.3. The summed E-state index contributed by atoms with van der Waals surface area (Å²) in [6.07, 6.45) is 1.25. The van der Waals surface area contributed by atoms with E-state index >= 15 is 0 Å². The SMILES string of the molecule is O=C(Nc1ccc(S(=O)(=O)Cl)cc1Cl)c1ccon1. The lowest BCUT2D eigenvalue weighted by molar-refractivity contribution is 0.101. The Morgan fingerprint density at radius 1 is 1.32 bits per heavy atom. The lowest BCUT2D eigenvalue weighted by Crippen LogP contribution is -2.12. The monoisotopic (exact) mass is 320 g/mol. The maximum Gasteiger partial charge on any atom is 0.277 e. The van der Waals surface area contributed by atoms with Crippen LogP contribution in [0.1, 0.15) is 10.5 Å². The van der Waals surface area contributed by atoms with Gasteiger partial charge in [0.15, 0.2) is 5.69 Å². The Bertz CT molecular complexity index is 713. The summed E-state index contributed by atoms with van der Waals surface area (Å²) in [6.45, 7) is 0. The highest BCUT2D eigenvalue weighted by atomic mass is 35.7. The first-order valence-electron chi connectivity index (χ1n) is 4.84. The molecule has 1 N–H and O–H groups in total. The lowest BCUT2D eigenvalue weighted by atomic mass is 10.3. The van der Waals surface area contributed by atoms with Crippen LogP contribution in [-0.2, 0) is 9.05 Å². The molecule has 1 heterocycles. The minimum absolute atomic E-state index is 0.0403. The Morgan fingerprint density at radius 3 is 2.58 bits per heavy atom. The molecule has 0 atom stereocenters. The molecule has 1 aromatic heterocycles. The molecule has 0 saturated carbocycles. The summed E-state index contributed by atoms with van der Waals surface area (Å²) in [5, 5.41) is 5.95. The quantitative estimate of drug-likeness (QED) is 0.877. The molecular formula is C10H6Cl2N2O4S. The van der Waals surface area contributed by atoms with Gasteiger partial charge in [0.05, 0.1) is 15.6 Å². The second kappa shape index (κ2) is 5.20. The van der Waals surface area contributed by atoms with E-state index in [1.165, 1.54) is 24.5 Å². The van der Waals surface area contributed by atoms with Gasteiger partial charge in [-0.15, -0.1) is 0 Å². The number of nitrogens with one attached hydrogen (secondary N) is 1. The maximum absolute atomic E-state index is 11.7. The van der Waals surface area contributed by atoms with Gasteiger partial charge < -0.3 is 9.84 Å². The van der Waals surface area contributed by atoms with E-state index in [0.29, 0.717) is 0 Å². The molecule has 0 saturated heterocycles. The summed E-state index contributed by atoms with van der Waals surface area (Å²) in [5.41, 5.74) is 0.309. The van der Waals surface area contributed by atoms with Gasteiger partial charge in [-0.25, -0.2) is 8.42 Å². The minimum atomic E-state index is -3.87. The van der Waals surface area contributed by atoms with Crippen molar-refractivity contribution in [3.63, 3.8) is 0 Å². The van der Waals surface area contributed by atoms with Gasteiger partial charge in [-0.2, -0.15) is 0 Å². The Morgan fingerprint density at radius 2 is 2.05 bits per heavy atom. The van der Waals surface area contributed by atoms with Crippen LogP contribution in [-0.4, -0.2) is 19.5 Å². The van der Waals surface area contributed by atoms with Gasteiger partial charge in [0.25, 0.3) is 15.0 Å². The molecule has 0 aliphatic carbocycles. The van der Waals surface area contributed by atoms with Gasteiger partial charge in [0.2, 0.25) is 0 Å². The van der Waals surface area contributed by atoms with Crippen molar-refractivity contribution in [3.05, 3.63) is 41.2 Å². The highest BCUT2D eigenvalue weighted by molar-refractivity contribution is 8.13. The van der Waals surface area contributed by atoms with Crippen molar-refractivity contribution in [2.45, 2.75) is 4.90 Å². The first-order valence-corrected chi connectivity index (χ1v) is 7.52. The molecule has 0 aliphatic heterocycles. The van der Waals surface area contributed by atoms with E-state index in [2.05, 4.69) is 15.0 Å². The fourth-order valence-corrected chi connectivity index (χ4v) is 2.33. The molecule has 9 heteroatoms. The molecule has 6 nitrogen and oxygen atoms in total. The maximum atomic E-state index is 11.7. The summed E-state index contributed by atoms with van der Waals surface area (Å²) in [6, 6.07) is 5.07. The lowest BCUT2D eigenvalue weighted by Gasteiger charge is -2.06. The third kappa shape index (κ3) is 3.25. The van der Waals surface area contributed by atoms with E-state index in [4.69, 9.17) is 22.3 Å². The number of hydrogen-bond acceptors (Lipinski definition) is 5. The Balaban J connectivity index is 2.25. The van der Waals surface area contributed by atoms with Gasteiger partial charge in [-0.1, -0.05) is 16.8 Å². The summed E-state index contributed by atoms with van der Waals surface area (Å²) in [5.74, 6) is -0.530. The van der Waals surface area contributed by atoms with Crippen LogP contribution in [0.4, 0.5) is 5.69 Å². The van der Waals surface area contributed by atoms with Crippen LogP contribution in [0.25, 0.3) is 0 Å². The fourth-order valence-electron chi connectivity index (χ4n) is 1.26. The van der Waals surface area contributed by atoms with Gasteiger partial charge in [0.1, 0.15) is 6.26 Å². The van der Waals surface area contributed by atoms with E-state index in [1.54, 1.807) is 0 Å². The van der Waals surface area contributed by atoms with Crippen molar-refractivity contribution in [1.29, 1.82) is 0 Å². The zero-order valence-corrected chi connectivity index (χ0v) is 11.5. The van der Waals surface area contributed by atoms with Gasteiger partial charge in [-0.05, 0) is 18.2 Å². The number of rotatable bonds is 3. The molecule has 0 unspecified atom stereocenters. The van der Waals surface area contributed by atoms with E-state index in [9.17, 15) is 13.2 Å². The Hall–Kier alpha value is -1.57. The zero-order valence-electron chi connectivity index (χ0n) is 9.13. The van der Waals surface area contributed by atoms with Crippen molar-refractivity contribution in [2.75, 3.05) is 5.32 Å². The number of halogens is 2. The highest BCUT2D eigenvalue weighted by Crippen LogP contribution is 2.27. The molecule has 19 heavy (non-hydrogen) atoms.